The van der Waals surface area contributed by atoms with Gasteiger partial charge in [0.2, 0.25) is 10.0 Å². The van der Waals surface area contributed by atoms with E-state index in [0.29, 0.717) is 5.82 Å². The molecule has 0 aliphatic rings. The van der Waals surface area contributed by atoms with Crippen LogP contribution in [0.2, 0.25) is 0 Å². The number of aryl methyl sites for hydroxylation is 1. The van der Waals surface area contributed by atoms with Crippen LogP contribution < -0.4 is 10.0 Å². The number of nitro groups is 1. The van der Waals surface area contributed by atoms with E-state index in [2.05, 4.69) is 15.0 Å². The molecule has 0 spiro atoms. The smallest absolute Gasteiger partial charge is 0.293 e. The Bertz CT molecular complexity index is 1100. The molecule has 146 valence electrons. The highest BCUT2D eigenvalue weighted by molar-refractivity contribution is 7.89. The second kappa shape index (κ2) is 7.79. The van der Waals surface area contributed by atoms with Crippen LogP contribution in [-0.2, 0) is 17.1 Å². The van der Waals surface area contributed by atoms with E-state index < -0.39 is 21.0 Å². The van der Waals surface area contributed by atoms with Crippen LogP contribution in [0.1, 0.15) is 17.4 Å². The van der Waals surface area contributed by atoms with Crippen molar-refractivity contribution in [3.8, 4) is 0 Å². The van der Waals surface area contributed by atoms with E-state index in [0.717, 1.165) is 11.6 Å². The van der Waals surface area contributed by atoms with Crippen molar-refractivity contribution in [1.82, 2.24) is 14.3 Å². The maximum absolute atomic E-state index is 12.0. The highest BCUT2D eigenvalue weighted by Gasteiger charge is 2.25. The molecule has 10 heteroatoms. The van der Waals surface area contributed by atoms with Gasteiger partial charge in [-0.1, -0.05) is 30.3 Å². The molecule has 2 aromatic carbocycles. The zero-order chi connectivity index (χ0) is 20.3. The van der Waals surface area contributed by atoms with Crippen LogP contribution in [0, 0.1) is 10.1 Å². The number of nitrogens with zero attached hydrogens (tertiary/aromatic N) is 3. The van der Waals surface area contributed by atoms with E-state index in [9.17, 15) is 18.5 Å². The van der Waals surface area contributed by atoms with Crippen molar-refractivity contribution in [3.05, 3.63) is 82.4 Å². The lowest BCUT2D eigenvalue weighted by Crippen LogP contribution is -2.20. The standard InChI is InChI=1S/C18H19N5O4S/c1-19-28(26,27)14-8-9-15(16(12-14)23(24)25)21-17(13-6-4-3-5-7-13)18-20-10-11-22(18)2/h3-12,17,19,21H,1-2H3/t17-/m1/s1. The average molecular weight is 401 g/mol. The number of anilines is 1. The second-order valence-corrected chi connectivity index (χ2v) is 7.91. The molecule has 3 aromatic rings. The molecule has 0 amide bonds. The van der Waals surface area contributed by atoms with E-state index in [1.165, 1.54) is 19.2 Å². The second-order valence-electron chi connectivity index (χ2n) is 6.03. The molecule has 0 bridgehead atoms. The van der Waals surface area contributed by atoms with Crippen LogP contribution in [0.4, 0.5) is 11.4 Å². The quantitative estimate of drug-likeness (QED) is 0.464. The summed E-state index contributed by atoms with van der Waals surface area (Å²) >= 11 is 0. The highest BCUT2D eigenvalue weighted by atomic mass is 32.2. The van der Waals surface area contributed by atoms with Crippen molar-refractivity contribution in [2.75, 3.05) is 12.4 Å². The Hall–Kier alpha value is -3.24. The van der Waals surface area contributed by atoms with Crippen molar-refractivity contribution in [2.24, 2.45) is 7.05 Å². The fourth-order valence-corrected chi connectivity index (χ4v) is 3.57. The molecule has 0 unspecified atom stereocenters. The molecule has 0 saturated carbocycles. The molecule has 0 aliphatic heterocycles. The van der Waals surface area contributed by atoms with E-state index in [1.54, 1.807) is 12.4 Å². The Balaban J connectivity index is 2.08. The number of hydrogen-bond acceptors (Lipinski definition) is 6. The molecule has 0 saturated heterocycles. The van der Waals surface area contributed by atoms with Gasteiger partial charge in [0.25, 0.3) is 5.69 Å². The summed E-state index contributed by atoms with van der Waals surface area (Å²) < 4.78 is 28.0. The van der Waals surface area contributed by atoms with E-state index >= 15 is 0 Å². The van der Waals surface area contributed by atoms with Crippen molar-refractivity contribution in [1.29, 1.82) is 0 Å². The van der Waals surface area contributed by atoms with Crippen molar-refractivity contribution >= 4 is 21.4 Å². The Morgan fingerprint density at radius 1 is 1.18 bits per heavy atom. The van der Waals surface area contributed by atoms with Gasteiger partial charge in [0.1, 0.15) is 17.6 Å². The van der Waals surface area contributed by atoms with Crippen LogP contribution in [0.3, 0.4) is 0 Å². The fraction of sp³-hybridized carbons (Fsp3) is 0.167. The number of imidazole rings is 1. The monoisotopic (exact) mass is 401 g/mol. The molecule has 1 aromatic heterocycles. The molecule has 1 atom stereocenters. The predicted octanol–water partition coefficient (Wildman–Crippen LogP) is 2.44. The summed E-state index contributed by atoms with van der Waals surface area (Å²) in [5.41, 5.74) is 0.710. The zero-order valence-electron chi connectivity index (χ0n) is 15.2. The van der Waals surface area contributed by atoms with Gasteiger partial charge in [0.15, 0.2) is 0 Å². The van der Waals surface area contributed by atoms with E-state index in [1.807, 2.05) is 41.9 Å². The van der Waals surface area contributed by atoms with Gasteiger partial charge in [-0.2, -0.15) is 0 Å². The predicted molar refractivity (Wildman–Crippen MR) is 104 cm³/mol. The molecular formula is C18H19N5O4S. The van der Waals surface area contributed by atoms with E-state index in [4.69, 9.17) is 0 Å². The summed E-state index contributed by atoms with van der Waals surface area (Å²) in [6.07, 6.45) is 3.42. The summed E-state index contributed by atoms with van der Waals surface area (Å²) in [6.45, 7) is 0. The molecule has 9 nitrogen and oxygen atoms in total. The molecule has 0 fully saturated rings. The molecule has 0 radical (unpaired) electrons. The van der Waals surface area contributed by atoms with Crippen LogP contribution in [0.5, 0.6) is 0 Å². The molecular weight excluding hydrogens is 382 g/mol. The van der Waals surface area contributed by atoms with Crippen molar-refractivity contribution < 1.29 is 13.3 Å². The number of benzene rings is 2. The molecule has 0 aliphatic carbocycles. The van der Waals surface area contributed by atoms with Gasteiger partial charge in [0, 0.05) is 25.5 Å². The minimum atomic E-state index is -3.80. The largest absolute Gasteiger partial charge is 0.366 e. The number of sulfonamides is 1. The summed E-state index contributed by atoms with van der Waals surface area (Å²) in [5, 5.41) is 14.7. The number of aromatic nitrogens is 2. The van der Waals surface area contributed by atoms with Gasteiger partial charge in [-0.05, 0) is 24.7 Å². The highest BCUT2D eigenvalue weighted by Crippen LogP contribution is 2.32. The summed E-state index contributed by atoms with van der Waals surface area (Å²) in [6, 6.07) is 12.7. The van der Waals surface area contributed by atoms with Crippen molar-refractivity contribution in [2.45, 2.75) is 10.9 Å². The topological polar surface area (TPSA) is 119 Å². The normalized spacial score (nSPS) is 12.5. The maximum Gasteiger partial charge on any atom is 0.293 e. The van der Waals surface area contributed by atoms with Gasteiger partial charge >= 0.3 is 0 Å². The fourth-order valence-electron chi connectivity index (χ4n) is 2.82. The first-order chi connectivity index (χ1) is 13.3. The first kappa shape index (κ1) is 19.5. The number of nitrogens with one attached hydrogen (secondary N) is 2. The van der Waals surface area contributed by atoms with Gasteiger partial charge in [-0.15, -0.1) is 0 Å². The Kier molecular flexibility index (Phi) is 5.43. The summed E-state index contributed by atoms with van der Waals surface area (Å²) in [7, 11) is -0.720. The first-order valence-corrected chi connectivity index (χ1v) is 9.82. The molecule has 3 rings (SSSR count). The Morgan fingerprint density at radius 3 is 2.46 bits per heavy atom. The number of hydrogen-bond donors (Lipinski definition) is 2. The first-order valence-electron chi connectivity index (χ1n) is 8.34. The van der Waals surface area contributed by atoms with Crippen LogP contribution in [-0.4, -0.2) is 29.9 Å². The van der Waals surface area contributed by atoms with Gasteiger partial charge < -0.3 is 9.88 Å². The Labute approximate surface area is 162 Å². The summed E-state index contributed by atoms with van der Waals surface area (Å²) in [4.78, 5) is 15.2. The lowest BCUT2D eigenvalue weighted by molar-refractivity contribution is -0.384. The van der Waals surface area contributed by atoms with Crippen LogP contribution in [0.25, 0.3) is 0 Å². The SMILES string of the molecule is CNS(=O)(=O)c1ccc(N[C@H](c2ccccc2)c2nccn2C)c([N+](=O)[O-])c1. The molecule has 1 heterocycles. The number of rotatable bonds is 7. The molecule has 28 heavy (non-hydrogen) atoms. The van der Waals surface area contributed by atoms with Gasteiger partial charge in [0.05, 0.1) is 9.82 Å². The van der Waals surface area contributed by atoms with Crippen molar-refractivity contribution in [3.63, 3.8) is 0 Å². The third-order valence-corrected chi connectivity index (χ3v) is 5.71. The average Bonchev–Trinajstić information content (AvgIpc) is 3.12. The Morgan fingerprint density at radius 2 is 1.89 bits per heavy atom. The minimum absolute atomic E-state index is 0.180. The van der Waals surface area contributed by atoms with Gasteiger partial charge in [-0.3, -0.25) is 10.1 Å². The lowest BCUT2D eigenvalue weighted by Gasteiger charge is -2.20. The maximum atomic E-state index is 12.0. The third-order valence-electron chi connectivity index (χ3n) is 4.29. The third kappa shape index (κ3) is 3.87. The molecule has 2 N–H and O–H groups in total. The van der Waals surface area contributed by atoms with E-state index in [-0.39, 0.29) is 16.3 Å². The van der Waals surface area contributed by atoms with Gasteiger partial charge in [-0.25, -0.2) is 18.1 Å². The zero-order valence-corrected chi connectivity index (χ0v) is 16.1. The number of nitro benzene ring substituents is 1. The lowest BCUT2D eigenvalue weighted by atomic mass is 10.1. The van der Waals surface area contributed by atoms with Crippen LogP contribution >= 0.6 is 0 Å². The van der Waals surface area contributed by atoms with Crippen LogP contribution in [0.15, 0.2) is 65.8 Å². The summed E-state index contributed by atoms with van der Waals surface area (Å²) in [5.74, 6) is 0.660. The minimum Gasteiger partial charge on any atom is -0.366 e.